The Labute approximate surface area is 127 Å². The monoisotopic (exact) mass is 301 g/mol. The zero-order chi connectivity index (χ0) is 15.1. The van der Waals surface area contributed by atoms with Gasteiger partial charge in [-0.05, 0) is 31.7 Å². The Bertz CT molecular complexity index is 678. The van der Waals surface area contributed by atoms with Crippen molar-refractivity contribution in [2.45, 2.75) is 50.4 Å². The summed E-state index contributed by atoms with van der Waals surface area (Å²) >= 11 is 0. The molecule has 2 aromatic heterocycles. The van der Waals surface area contributed by atoms with Crippen LogP contribution < -0.4 is 5.32 Å². The molecule has 2 N–H and O–H groups in total. The van der Waals surface area contributed by atoms with Crippen molar-refractivity contribution in [1.82, 2.24) is 24.9 Å². The molecule has 2 aliphatic rings. The highest BCUT2D eigenvalue weighted by molar-refractivity contribution is 5.95. The summed E-state index contributed by atoms with van der Waals surface area (Å²) in [6.45, 7) is 0.890. The van der Waals surface area contributed by atoms with Gasteiger partial charge in [0.05, 0.1) is 35.6 Å². The third-order valence-electron chi connectivity index (χ3n) is 4.68. The van der Waals surface area contributed by atoms with Crippen LogP contribution in [0.4, 0.5) is 0 Å². The van der Waals surface area contributed by atoms with Gasteiger partial charge >= 0.3 is 0 Å². The molecule has 22 heavy (non-hydrogen) atoms. The minimum absolute atomic E-state index is 0.0958. The lowest BCUT2D eigenvalue weighted by Gasteiger charge is -2.41. The van der Waals surface area contributed by atoms with Crippen molar-refractivity contribution in [3.63, 3.8) is 0 Å². The molecule has 1 aliphatic heterocycles. The molecule has 3 atom stereocenters. The fourth-order valence-corrected chi connectivity index (χ4v) is 3.43. The van der Waals surface area contributed by atoms with Gasteiger partial charge in [0.15, 0.2) is 0 Å². The number of aliphatic hydroxyl groups is 1. The smallest absolute Gasteiger partial charge is 0.255 e. The minimum atomic E-state index is -0.466. The fraction of sp³-hybridized carbons (Fsp3) is 0.533. The molecule has 0 aromatic carbocycles. The van der Waals surface area contributed by atoms with Crippen LogP contribution in [0.25, 0.3) is 0 Å². The number of aryl methyl sites for hydroxylation is 1. The predicted octanol–water partition coefficient (Wildman–Crippen LogP) is 0.520. The number of amides is 1. The molecule has 1 amide bonds. The van der Waals surface area contributed by atoms with Gasteiger partial charge in [-0.3, -0.25) is 14.2 Å². The molecular weight excluding hydrogens is 282 g/mol. The van der Waals surface area contributed by atoms with Crippen molar-refractivity contribution in [3.05, 3.63) is 35.9 Å². The van der Waals surface area contributed by atoms with Crippen molar-refractivity contribution in [1.29, 1.82) is 0 Å². The number of nitrogens with zero attached hydrogens (tertiary/aromatic N) is 4. The number of hydrogen-bond acceptors (Lipinski definition) is 4. The summed E-state index contributed by atoms with van der Waals surface area (Å²) in [6, 6.07) is 1.53. The molecule has 7 heteroatoms. The van der Waals surface area contributed by atoms with Gasteiger partial charge in [-0.25, -0.2) is 0 Å². The second kappa shape index (κ2) is 5.24. The van der Waals surface area contributed by atoms with Crippen LogP contribution >= 0.6 is 0 Å². The molecule has 116 valence electrons. The molecule has 2 aromatic rings. The Morgan fingerprint density at radius 2 is 2.27 bits per heavy atom. The van der Waals surface area contributed by atoms with Gasteiger partial charge in [-0.2, -0.15) is 10.2 Å². The third-order valence-corrected chi connectivity index (χ3v) is 4.68. The average molecular weight is 301 g/mol. The molecule has 0 saturated heterocycles. The number of rotatable bonds is 3. The first-order valence-corrected chi connectivity index (χ1v) is 7.77. The van der Waals surface area contributed by atoms with E-state index < -0.39 is 6.10 Å². The molecule has 4 rings (SSSR count). The number of carbonyl (C=O) groups is 1. The zero-order valence-electron chi connectivity index (χ0n) is 12.2. The Morgan fingerprint density at radius 3 is 3.05 bits per heavy atom. The quantitative estimate of drug-likeness (QED) is 0.865. The molecule has 0 unspecified atom stereocenters. The Morgan fingerprint density at radius 1 is 1.36 bits per heavy atom. The lowest BCUT2D eigenvalue weighted by atomic mass is 9.83. The van der Waals surface area contributed by atoms with E-state index in [2.05, 4.69) is 15.5 Å². The molecule has 1 fully saturated rings. The van der Waals surface area contributed by atoms with Gasteiger partial charge in [-0.15, -0.1) is 0 Å². The SMILES string of the molecule is O=C(N[C@H]1C[C@@H](O)[C@@H]1n1cccn1)c1cnn2c1CCCC2. The van der Waals surface area contributed by atoms with Crippen molar-refractivity contribution >= 4 is 5.91 Å². The molecule has 1 aliphatic carbocycles. The van der Waals surface area contributed by atoms with Crippen LogP contribution in [0.15, 0.2) is 24.7 Å². The van der Waals surface area contributed by atoms with E-state index in [0.717, 1.165) is 31.5 Å². The van der Waals surface area contributed by atoms with Gasteiger partial charge in [0.2, 0.25) is 0 Å². The number of fused-ring (bicyclic) bond motifs is 1. The molecule has 1 saturated carbocycles. The maximum absolute atomic E-state index is 12.5. The fourth-order valence-electron chi connectivity index (χ4n) is 3.43. The van der Waals surface area contributed by atoms with Crippen molar-refractivity contribution in [2.24, 2.45) is 0 Å². The Hall–Kier alpha value is -2.15. The van der Waals surface area contributed by atoms with Crippen LogP contribution in [0.5, 0.6) is 0 Å². The molecule has 0 bridgehead atoms. The summed E-state index contributed by atoms with van der Waals surface area (Å²) in [5, 5.41) is 21.5. The number of carbonyl (C=O) groups excluding carboxylic acids is 1. The van der Waals surface area contributed by atoms with E-state index in [1.165, 1.54) is 0 Å². The lowest BCUT2D eigenvalue weighted by Crippen LogP contribution is -2.56. The van der Waals surface area contributed by atoms with Crippen LogP contribution in [0.3, 0.4) is 0 Å². The molecule has 7 nitrogen and oxygen atoms in total. The largest absolute Gasteiger partial charge is 0.391 e. The molecular formula is C15H19N5O2. The topological polar surface area (TPSA) is 85.0 Å². The maximum Gasteiger partial charge on any atom is 0.255 e. The molecule has 0 spiro atoms. The van der Waals surface area contributed by atoms with Crippen molar-refractivity contribution in [3.8, 4) is 0 Å². The lowest BCUT2D eigenvalue weighted by molar-refractivity contribution is -0.00589. The second-order valence-electron chi connectivity index (χ2n) is 6.04. The summed E-state index contributed by atoms with van der Waals surface area (Å²) < 4.78 is 3.64. The number of aliphatic hydroxyl groups excluding tert-OH is 1. The van der Waals surface area contributed by atoms with Crippen LogP contribution in [0.2, 0.25) is 0 Å². The van der Waals surface area contributed by atoms with Crippen LogP contribution in [0, 0.1) is 0 Å². The van der Waals surface area contributed by atoms with E-state index in [1.807, 2.05) is 16.9 Å². The molecule has 0 radical (unpaired) electrons. The Balaban J connectivity index is 1.49. The van der Waals surface area contributed by atoms with Gasteiger partial charge < -0.3 is 10.4 Å². The zero-order valence-corrected chi connectivity index (χ0v) is 12.2. The second-order valence-corrected chi connectivity index (χ2v) is 6.04. The summed E-state index contributed by atoms with van der Waals surface area (Å²) in [7, 11) is 0. The first-order valence-electron chi connectivity index (χ1n) is 7.77. The minimum Gasteiger partial charge on any atom is -0.391 e. The van der Waals surface area contributed by atoms with Crippen molar-refractivity contribution < 1.29 is 9.90 Å². The van der Waals surface area contributed by atoms with Gasteiger partial charge in [0.25, 0.3) is 5.91 Å². The average Bonchev–Trinajstić information content (AvgIpc) is 3.15. The van der Waals surface area contributed by atoms with Gasteiger partial charge in [0, 0.05) is 18.9 Å². The third kappa shape index (κ3) is 2.12. The highest BCUT2D eigenvalue weighted by atomic mass is 16.3. The van der Waals surface area contributed by atoms with Gasteiger partial charge in [-0.1, -0.05) is 0 Å². The van der Waals surface area contributed by atoms with E-state index in [9.17, 15) is 9.90 Å². The summed E-state index contributed by atoms with van der Waals surface area (Å²) in [5.74, 6) is -0.0998. The van der Waals surface area contributed by atoms with Crippen LogP contribution in [-0.4, -0.2) is 42.7 Å². The van der Waals surface area contributed by atoms with E-state index in [4.69, 9.17) is 0 Å². The summed E-state index contributed by atoms with van der Waals surface area (Å²) in [5.41, 5.74) is 1.69. The van der Waals surface area contributed by atoms with E-state index in [-0.39, 0.29) is 18.0 Å². The van der Waals surface area contributed by atoms with E-state index in [0.29, 0.717) is 12.0 Å². The first-order chi connectivity index (χ1) is 10.7. The Kier molecular flexibility index (Phi) is 3.22. The van der Waals surface area contributed by atoms with Crippen LogP contribution in [0.1, 0.15) is 41.4 Å². The standard InChI is InChI=1S/C15H19N5O2/c21-13-8-11(14(13)20-7-3-5-16-20)18-15(22)10-9-17-19-6-2-1-4-12(10)19/h3,5,7,9,11,13-14,21H,1-2,4,6,8H2,(H,18,22)/t11-,13+,14+/m0/s1. The summed E-state index contributed by atoms with van der Waals surface area (Å²) in [4.78, 5) is 12.5. The van der Waals surface area contributed by atoms with E-state index >= 15 is 0 Å². The summed E-state index contributed by atoms with van der Waals surface area (Å²) in [6.07, 6.45) is 8.36. The van der Waals surface area contributed by atoms with E-state index in [1.54, 1.807) is 17.1 Å². The van der Waals surface area contributed by atoms with Crippen LogP contribution in [-0.2, 0) is 13.0 Å². The molecule has 3 heterocycles. The maximum atomic E-state index is 12.5. The number of aromatic nitrogens is 4. The number of nitrogens with one attached hydrogen (secondary N) is 1. The first kappa shape index (κ1) is 13.5. The van der Waals surface area contributed by atoms with Crippen molar-refractivity contribution in [2.75, 3.05) is 0 Å². The highest BCUT2D eigenvalue weighted by Gasteiger charge is 2.43. The van der Waals surface area contributed by atoms with Gasteiger partial charge in [0.1, 0.15) is 0 Å². The normalized spacial score (nSPS) is 27.0. The number of hydrogen-bond donors (Lipinski definition) is 2. The predicted molar refractivity (Wildman–Crippen MR) is 78.3 cm³/mol. The highest BCUT2D eigenvalue weighted by Crippen LogP contribution is 2.32.